The van der Waals surface area contributed by atoms with E-state index in [1.807, 2.05) is 11.3 Å². The van der Waals surface area contributed by atoms with Gasteiger partial charge in [-0.25, -0.2) is 4.98 Å². The molecular formula is C15H24N2S. The van der Waals surface area contributed by atoms with E-state index in [0.717, 1.165) is 11.8 Å². The molecule has 0 unspecified atom stereocenters. The van der Waals surface area contributed by atoms with Crippen LogP contribution in [0.3, 0.4) is 0 Å². The van der Waals surface area contributed by atoms with Crippen LogP contribution >= 0.6 is 11.3 Å². The van der Waals surface area contributed by atoms with Gasteiger partial charge in [0.1, 0.15) is 0 Å². The number of thiazole rings is 1. The van der Waals surface area contributed by atoms with Crippen LogP contribution in [0.15, 0.2) is 0 Å². The Bertz CT molecular complexity index is 387. The van der Waals surface area contributed by atoms with Crippen molar-refractivity contribution in [3.8, 4) is 0 Å². The van der Waals surface area contributed by atoms with Crippen LogP contribution in [0.5, 0.6) is 0 Å². The van der Waals surface area contributed by atoms with E-state index in [1.54, 1.807) is 4.88 Å². The van der Waals surface area contributed by atoms with Gasteiger partial charge >= 0.3 is 0 Å². The van der Waals surface area contributed by atoms with Gasteiger partial charge in [0.2, 0.25) is 0 Å². The van der Waals surface area contributed by atoms with E-state index >= 15 is 0 Å². The lowest BCUT2D eigenvalue weighted by Crippen LogP contribution is -2.26. The zero-order chi connectivity index (χ0) is 12.4. The largest absolute Gasteiger partial charge is 0.317 e. The van der Waals surface area contributed by atoms with E-state index in [-0.39, 0.29) is 0 Å². The fourth-order valence-corrected chi connectivity index (χ4v) is 4.82. The number of rotatable bonds is 2. The Hall–Kier alpha value is -0.410. The predicted molar refractivity (Wildman–Crippen MR) is 77.5 cm³/mol. The first-order valence-electron chi connectivity index (χ1n) is 7.52. The number of hydrogen-bond acceptors (Lipinski definition) is 3. The lowest BCUT2D eigenvalue weighted by atomic mass is 9.90. The van der Waals surface area contributed by atoms with E-state index in [4.69, 9.17) is 4.98 Å². The summed E-state index contributed by atoms with van der Waals surface area (Å²) in [7, 11) is 0. The molecule has 3 rings (SSSR count). The molecule has 0 spiro atoms. The van der Waals surface area contributed by atoms with Crippen LogP contribution in [0, 0.1) is 6.92 Å². The number of aryl methyl sites for hydroxylation is 1. The van der Waals surface area contributed by atoms with Crippen molar-refractivity contribution in [1.29, 1.82) is 0 Å². The molecule has 1 saturated heterocycles. The standard InChI is InChI=1S/C15H24N2S/c1-11-14(12-7-9-16-10-8-12)18-15(17-11)13-5-3-2-4-6-13/h12-13,16H,2-10H2,1H3. The van der Waals surface area contributed by atoms with Crippen molar-refractivity contribution in [3.63, 3.8) is 0 Å². The Morgan fingerprint density at radius 3 is 2.44 bits per heavy atom. The molecule has 18 heavy (non-hydrogen) atoms. The second-order valence-corrected chi connectivity index (χ2v) is 6.92. The molecule has 0 bridgehead atoms. The maximum Gasteiger partial charge on any atom is 0.0961 e. The summed E-state index contributed by atoms with van der Waals surface area (Å²) in [5.74, 6) is 1.55. The van der Waals surface area contributed by atoms with Gasteiger partial charge in [0, 0.05) is 10.8 Å². The maximum absolute atomic E-state index is 4.91. The molecule has 2 nitrogen and oxygen atoms in total. The van der Waals surface area contributed by atoms with Crippen LogP contribution < -0.4 is 5.32 Å². The van der Waals surface area contributed by atoms with Crippen LogP contribution in [0.25, 0.3) is 0 Å². The van der Waals surface area contributed by atoms with Gasteiger partial charge in [0.15, 0.2) is 0 Å². The quantitative estimate of drug-likeness (QED) is 0.874. The molecule has 2 aliphatic rings. The van der Waals surface area contributed by atoms with Gasteiger partial charge in [-0.2, -0.15) is 0 Å². The van der Waals surface area contributed by atoms with Crippen molar-refractivity contribution in [2.75, 3.05) is 13.1 Å². The van der Waals surface area contributed by atoms with Gasteiger partial charge < -0.3 is 5.32 Å². The first kappa shape index (κ1) is 12.6. The lowest BCUT2D eigenvalue weighted by molar-refractivity contribution is 0.442. The van der Waals surface area contributed by atoms with E-state index in [0.29, 0.717) is 0 Å². The zero-order valence-electron chi connectivity index (χ0n) is 11.4. The van der Waals surface area contributed by atoms with Crippen LogP contribution in [0.2, 0.25) is 0 Å². The summed E-state index contributed by atoms with van der Waals surface area (Å²) in [4.78, 5) is 6.50. The van der Waals surface area contributed by atoms with Crippen LogP contribution in [-0.2, 0) is 0 Å². The number of nitrogens with one attached hydrogen (secondary N) is 1. The van der Waals surface area contributed by atoms with Crippen molar-refractivity contribution >= 4 is 11.3 Å². The smallest absolute Gasteiger partial charge is 0.0961 e. The Morgan fingerprint density at radius 2 is 1.72 bits per heavy atom. The summed E-state index contributed by atoms with van der Waals surface area (Å²) >= 11 is 2.03. The van der Waals surface area contributed by atoms with E-state index in [1.165, 1.54) is 68.7 Å². The van der Waals surface area contributed by atoms with Gasteiger partial charge in [-0.3, -0.25) is 0 Å². The van der Waals surface area contributed by atoms with Crippen LogP contribution in [0.4, 0.5) is 0 Å². The highest BCUT2D eigenvalue weighted by atomic mass is 32.1. The minimum absolute atomic E-state index is 0.776. The monoisotopic (exact) mass is 264 g/mol. The summed E-state index contributed by atoms with van der Waals surface area (Å²) in [6, 6.07) is 0. The van der Waals surface area contributed by atoms with Gasteiger partial charge in [-0.15, -0.1) is 11.3 Å². The average Bonchev–Trinajstić information content (AvgIpc) is 2.83. The highest BCUT2D eigenvalue weighted by molar-refractivity contribution is 7.12. The minimum atomic E-state index is 0.776. The maximum atomic E-state index is 4.91. The van der Waals surface area contributed by atoms with Crippen molar-refractivity contribution in [2.24, 2.45) is 0 Å². The van der Waals surface area contributed by atoms with Crippen molar-refractivity contribution in [2.45, 2.75) is 63.7 Å². The molecule has 100 valence electrons. The third-order valence-electron chi connectivity index (χ3n) is 4.51. The van der Waals surface area contributed by atoms with Crippen molar-refractivity contribution in [1.82, 2.24) is 10.3 Å². The normalized spacial score (nSPS) is 23.4. The molecule has 0 radical (unpaired) electrons. The highest BCUT2D eigenvalue weighted by Crippen LogP contribution is 2.39. The summed E-state index contributed by atoms with van der Waals surface area (Å²) in [5.41, 5.74) is 1.33. The molecule has 1 aliphatic heterocycles. The first-order valence-corrected chi connectivity index (χ1v) is 8.34. The van der Waals surface area contributed by atoms with Crippen molar-refractivity contribution < 1.29 is 0 Å². The fourth-order valence-electron chi connectivity index (χ4n) is 3.42. The SMILES string of the molecule is Cc1nc(C2CCCCC2)sc1C1CCNCC1. The molecule has 0 amide bonds. The van der Waals surface area contributed by atoms with Gasteiger partial charge in [-0.1, -0.05) is 19.3 Å². The first-order chi connectivity index (χ1) is 8.84. The Kier molecular flexibility index (Phi) is 4.00. The van der Waals surface area contributed by atoms with Crippen LogP contribution in [-0.4, -0.2) is 18.1 Å². The number of nitrogens with zero attached hydrogens (tertiary/aromatic N) is 1. The lowest BCUT2D eigenvalue weighted by Gasteiger charge is -2.22. The zero-order valence-corrected chi connectivity index (χ0v) is 12.2. The molecule has 0 atom stereocenters. The molecule has 1 aliphatic carbocycles. The van der Waals surface area contributed by atoms with E-state index in [2.05, 4.69) is 12.2 Å². The highest BCUT2D eigenvalue weighted by Gasteiger charge is 2.24. The Labute approximate surface area is 114 Å². The second-order valence-electron chi connectivity index (χ2n) is 5.86. The minimum Gasteiger partial charge on any atom is -0.317 e. The number of hydrogen-bond donors (Lipinski definition) is 1. The number of piperidine rings is 1. The Morgan fingerprint density at radius 1 is 1.00 bits per heavy atom. The molecule has 3 heteroatoms. The average molecular weight is 264 g/mol. The Balaban J connectivity index is 1.76. The molecule has 0 aromatic carbocycles. The molecular weight excluding hydrogens is 240 g/mol. The fraction of sp³-hybridized carbons (Fsp3) is 0.800. The molecule has 1 saturated carbocycles. The second kappa shape index (κ2) is 5.70. The summed E-state index contributed by atoms with van der Waals surface area (Å²) < 4.78 is 0. The van der Waals surface area contributed by atoms with Gasteiger partial charge in [0.25, 0.3) is 0 Å². The van der Waals surface area contributed by atoms with Gasteiger partial charge in [0.05, 0.1) is 10.7 Å². The van der Waals surface area contributed by atoms with E-state index < -0.39 is 0 Å². The molecule has 2 heterocycles. The van der Waals surface area contributed by atoms with Crippen LogP contribution in [0.1, 0.15) is 72.4 Å². The predicted octanol–water partition coefficient (Wildman–Crippen LogP) is 3.97. The summed E-state index contributed by atoms with van der Waals surface area (Å²) in [6.45, 7) is 4.59. The summed E-state index contributed by atoms with van der Waals surface area (Å²) in [5, 5.41) is 4.90. The molecule has 1 N–H and O–H groups in total. The molecule has 1 aromatic rings. The molecule has 1 aromatic heterocycles. The van der Waals surface area contributed by atoms with Gasteiger partial charge in [-0.05, 0) is 51.6 Å². The topological polar surface area (TPSA) is 24.9 Å². The summed E-state index contributed by atoms with van der Waals surface area (Å²) in [6.07, 6.45) is 9.59. The third-order valence-corrected chi connectivity index (χ3v) is 6.00. The van der Waals surface area contributed by atoms with E-state index in [9.17, 15) is 0 Å². The molecule has 2 fully saturated rings. The number of aromatic nitrogens is 1. The van der Waals surface area contributed by atoms with Crippen molar-refractivity contribution in [3.05, 3.63) is 15.6 Å². The third kappa shape index (κ3) is 2.62.